The minimum Gasteiger partial charge on any atom is -0.357 e. The molecule has 0 bridgehead atoms. The van der Waals surface area contributed by atoms with E-state index in [9.17, 15) is 21.6 Å². The predicted molar refractivity (Wildman–Crippen MR) is 131 cm³/mol. The van der Waals surface area contributed by atoms with Gasteiger partial charge < -0.3 is 10.1 Å². The molecule has 2 fully saturated rings. The monoisotopic (exact) mass is 540 g/mol. The van der Waals surface area contributed by atoms with E-state index in [0.29, 0.717) is 23.1 Å². The summed E-state index contributed by atoms with van der Waals surface area (Å²) in [4.78, 5) is 3.64. The minimum absolute atomic E-state index is 0.0182. The molecule has 1 atom stereocenters. The molecule has 2 aromatic heterocycles. The molecule has 12 heteroatoms. The highest BCUT2D eigenvalue weighted by atomic mass is 32.2. The van der Waals surface area contributed by atoms with Crippen LogP contribution in [0.1, 0.15) is 74.2 Å². The van der Waals surface area contributed by atoms with Crippen LogP contribution in [-0.2, 0) is 21.6 Å². The Morgan fingerprint density at radius 1 is 1.06 bits per heavy atom. The van der Waals surface area contributed by atoms with Crippen LogP contribution in [0.3, 0.4) is 0 Å². The second-order valence-electron chi connectivity index (χ2n) is 9.18. The maximum absolute atomic E-state index is 13.9. The first-order chi connectivity index (χ1) is 17.3. The van der Waals surface area contributed by atoms with Crippen molar-refractivity contribution in [3.8, 4) is 10.4 Å². The van der Waals surface area contributed by atoms with E-state index in [0.717, 1.165) is 62.7 Å². The van der Waals surface area contributed by atoms with E-state index in [4.69, 9.17) is 4.74 Å². The molecule has 1 aliphatic carbocycles. The van der Waals surface area contributed by atoms with E-state index in [1.54, 1.807) is 23.0 Å². The summed E-state index contributed by atoms with van der Waals surface area (Å²) in [6, 6.07) is 6.06. The Kier molecular flexibility index (Phi) is 7.36. The van der Waals surface area contributed by atoms with E-state index in [1.165, 1.54) is 12.1 Å². The number of alkyl halides is 3. The smallest absolute Gasteiger partial charge is 0.357 e. The van der Waals surface area contributed by atoms with Crippen LogP contribution in [0.25, 0.3) is 10.4 Å². The van der Waals surface area contributed by atoms with Crippen LogP contribution in [0, 0.1) is 0 Å². The van der Waals surface area contributed by atoms with Crippen molar-refractivity contribution in [2.75, 3.05) is 11.9 Å². The first-order valence-electron chi connectivity index (χ1n) is 12.1. The highest BCUT2D eigenvalue weighted by Gasteiger charge is 2.39. The van der Waals surface area contributed by atoms with Gasteiger partial charge in [0.25, 0.3) is 0 Å². The van der Waals surface area contributed by atoms with Crippen molar-refractivity contribution in [2.24, 2.45) is 0 Å². The molecule has 7 nitrogen and oxygen atoms in total. The van der Waals surface area contributed by atoms with Crippen LogP contribution in [0.5, 0.6) is 0 Å². The third kappa shape index (κ3) is 5.45. The summed E-state index contributed by atoms with van der Waals surface area (Å²) in [5.74, 6) is 0.463. The molecule has 1 N–H and O–H groups in total. The SMILES string of the molecule is O=[SH](=O)c1cc(Nc2ccn(C3CCCCO3)n2)ccc1-c1sc(C2CCCCC2)nc1C(F)(F)F. The molecule has 0 radical (unpaired) electrons. The standard InChI is InChI=1S/C24H27F3N4O3S2/c25-24(26,27)22-21(35-23(29-22)15-6-2-1-3-7-15)17-10-9-16(14-18(17)36(32)33)28-19-11-12-31(30-19)20-8-4-5-13-34-20/h9-12,14-15,20,36H,1-8,13H2,(H,28,30). The molecule has 0 amide bonds. The Bertz CT molecular complexity index is 1280. The lowest BCUT2D eigenvalue weighted by Crippen LogP contribution is -2.18. The van der Waals surface area contributed by atoms with Crippen LogP contribution in [0.2, 0.25) is 0 Å². The summed E-state index contributed by atoms with van der Waals surface area (Å²) >= 11 is 0.958. The fraction of sp³-hybridized carbons (Fsp3) is 0.500. The molecule has 1 aromatic carbocycles. The Morgan fingerprint density at radius 3 is 2.53 bits per heavy atom. The van der Waals surface area contributed by atoms with Crippen LogP contribution >= 0.6 is 11.3 Å². The van der Waals surface area contributed by atoms with E-state index >= 15 is 0 Å². The number of hydrogen-bond donors (Lipinski definition) is 2. The van der Waals surface area contributed by atoms with Crippen LogP contribution in [-0.4, -0.2) is 29.8 Å². The molecule has 3 aromatic rings. The zero-order valence-electron chi connectivity index (χ0n) is 19.5. The molecule has 5 rings (SSSR count). The summed E-state index contributed by atoms with van der Waals surface area (Å²) in [5.41, 5.74) is -0.587. The lowest BCUT2D eigenvalue weighted by atomic mass is 9.90. The van der Waals surface area contributed by atoms with Gasteiger partial charge in [-0.25, -0.2) is 18.1 Å². The highest BCUT2D eigenvalue weighted by Crippen LogP contribution is 2.46. The second kappa shape index (κ2) is 10.5. The molecule has 36 heavy (non-hydrogen) atoms. The largest absolute Gasteiger partial charge is 0.434 e. The quantitative estimate of drug-likeness (QED) is 0.348. The fourth-order valence-electron chi connectivity index (χ4n) is 4.83. The third-order valence-electron chi connectivity index (χ3n) is 6.64. The summed E-state index contributed by atoms with van der Waals surface area (Å²) in [6.07, 6.45) is 4.47. The summed E-state index contributed by atoms with van der Waals surface area (Å²) in [5, 5.41) is 7.94. The number of nitrogens with one attached hydrogen (secondary N) is 1. The van der Waals surface area contributed by atoms with Crippen molar-refractivity contribution in [1.29, 1.82) is 0 Å². The first kappa shape index (κ1) is 25.2. The average molecular weight is 541 g/mol. The van der Waals surface area contributed by atoms with Crippen molar-refractivity contribution >= 4 is 33.5 Å². The molecule has 0 spiro atoms. The van der Waals surface area contributed by atoms with Gasteiger partial charge in [-0.1, -0.05) is 25.3 Å². The van der Waals surface area contributed by atoms with Gasteiger partial charge >= 0.3 is 6.18 Å². The molecular weight excluding hydrogens is 513 g/mol. The number of hydrogen-bond acceptors (Lipinski definition) is 7. The Labute approximate surface area is 212 Å². The third-order valence-corrected chi connectivity index (χ3v) is 8.65. The van der Waals surface area contributed by atoms with Crippen LogP contribution in [0.15, 0.2) is 35.4 Å². The maximum Gasteiger partial charge on any atom is 0.434 e. The van der Waals surface area contributed by atoms with E-state index in [1.807, 2.05) is 0 Å². The number of ether oxygens (including phenoxy) is 1. The topological polar surface area (TPSA) is 86.1 Å². The molecule has 1 unspecified atom stereocenters. The van der Waals surface area contributed by atoms with Gasteiger partial charge in [0.05, 0.1) is 14.8 Å². The normalized spacial score (nSPS) is 19.6. The van der Waals surface area contributed by atoms with Gasteiger partial charge in [0, 0.05) is 36.0 Å². The number of thiazole rings is 1. The molecular formula is C24H27F3N4O3S2. The summed E-state index contributed by atoms with van der Waals surface area (Å²) < 4.78 is 73.5. The second-order valence-corrected chi connectivity index (χ2v) is 11.2. The number of aromatic nitrogens is 3. The van der Waals surface area contributed by atoms with E-state index in [-0.39, 0.29) is 27.5 Å². The number of benzene rings is 1. The van der Waals surface area contributed by atoms with E-state index in [2.05, 4.69) is 15.4 Å². The average Bonchev–Trinajstić information content (AvgIpc) is 3.53. The van der Waals surface area contributed by atoms with Crippen molar-refractivity contribution in [3.63, 3.8) is 0 Å². The number of halogens is 3. The van der Waals surface area contributed by atoms with Gasteiger partial charge in [-0.2, -0.15) is 18.3 Å². The Morgan fingerprint density at radius 2 is 1.83 bits per heavy atom. The van der Waals surface area contributed by atoms with Gasteiger partial charge in [-0.3, -0.25) is 0 Å². The lowest BCUT2D eigenvalue weighted by Gasteiger charge is -2.22. The van der Waals surface area contributed by atoms with Gasteiger partial charge in [0.2, 0.25) is 0 Å². The fourth-order valence-corrected chi connectivity index (χ4v) is 6.83. The van der Waals surface area contributed by atoms with Gasteiger partial charge in [0.15, 0.2) is 22.2 Å². The van der Waals surface area contributed by atoms with Gasteiger partial charge in [-0.15, -0.1) is 11.3 Å². The molecule has 1 saturated carbocycles. The molecule has 194 valence electrons. The van der Waals surface area contributed by atoms with E-state index < -0.39 is 22.6 Å². The van der Waals surface area contributed by atoms with Crippen LogP contribution < -0.4 is 5.32 Å². The number of thiol groups is 1. The van der Waals surface area contributed by atoms with Gasteiger partial charge in [-0.05, 0) is 44.2 Å². The zero-order chi connectivity index (χ0) is 25.3. The van der Waals surface area contributed by atoms with Crippen molar-refractivity contribution in [1.82, 2.24) is 14.8 Å². The molecule has 3 heterocycles. The summed E-state index contributed by atoms with van der Waals surface area (Å²) in [6.45, 7) is 0.675. The Hall–Kier alpha value is -2.44. The maximum atomic E-state index is 13.9. The van der Waals surface area contributed by atoms with Crippen molar-refractivity contribution in [2.45, 2.75) is 74.6 Å². The zero-order valence-corrected chi connectivity index (χ0v) is 21.2. The highest BCUT2D eigenvalue weighted by molar-refractivity contribution is 7.72. The van der Waals surface area contributed by atoms with Gasteiger partial charge in [0.1, 0.15) is 6.23 Å². The number of anilines is 2. The first-order valence-corrected chi connectivity index (χ1v) is 14.1. The minimum atomic E-state index is -4.69. The number of rotatable bonds is 6. The Balaban J connectivity index is 1.46. The van der Waals surface area contributed by atoms with Crippen molar-refractivity contribution in [3.05, 3.63) is 41.2 Å². The molecule has 2 aliphatic rings. The molecule has 1 aliphatic heterocycles. The van der Waals surface area contributed by atoms with Crippen molar-refractivity contribution < 1.29 is 26.3 Å². The molecule has 1 saturated heterocycles. The number of nitrogens with zero attached hydrogens (tertiary/aromatic N) is 3. The predicted octanol–water partition coefficient (Wildman–Crippen LogP) is 6.49. The summed E-state index contributed by atoms with van der Waals surface area (Å²) in [7, 11) is -3.16. The van der Waals surface area contributed by atoms with Crippen LogP contribution in [0.4, 0.5) is 24.7 Å². The lowest BCUT2D eigenvalue weighted by molar-refractivity contribution is -0.140.